The van der Waals surface area contributed by atoms with Crippen LogP contribution >= 0.6 is 0 Å². The summed E-state index contributed by atoms with van der Waals surface area (Å²) in [6.07, 6.45) is 0.176. The van der Waals surface area contributed by atoms with Gasteiger partial charge in [0.2, 0.25) is 24.0 Å². The lowest BCUT2D eigenvalue weighted by Gasteiger charge is -2.23. The van der Waals surface area contributed by atoms with Gasteiger partial charge in [-0.1, -0.05) is 30.3 Å². The SMILES string of the molecule is NCC(=O)N[C@@H](CC(=O)O)C(=O)N[C@@H](Cc1ccccc1)C(=O)N[C@H]([C]=O)CCC(=O)O. The van der Waals surface area contributed by atoms with Crippen molar-refractivity contribution in [3.63, 3.8) is 0 Å². The molecule has 12 heteroatoms. The molecule has 3 amide bonds. The molecule has 1 radical (unpaired) electrons. The fourth-order valence-corrected chi connectivity index (χ4v) is 2.67. The first-order chi connectivity index (χ1) is 15.2. The maximum absolute atomic E-state index is 12.7. The Hall–Kier alpha value is -3.80. The van der Waals surface area contributed by atoms with E-state index in [0.29, 0.717) is 5.56 Å². The lowest BCUT2D eigenvalue weighted by atomic mass is 10.0. The number of nitrogens with one attached hydrogen (secondary N) is 3. The first-order valence-electron chi connectivity index (χ1n) is 9.61. The molecule has 0 aliphatic rings. The van der Waals surface area contributed by atoms with Crippen molar-refractivity contribution in [3.8, 4) is 0 Å². The average Bonchev–Trinajstić information content (AvgIpc) is 2.75. The molecule has 3 atom stereocenters. The third kappa shape index (κ3) is 9.80. The molecule has 1 rings (SSSR count). The van der Waals surface area contributed by atoms with Crippen LogP contribution in [0.15, 0.2) is 30.3 Å². The third-order valence-electron chi connectivity index (χ3n) is 4.24. The molecule has 7 N–H and O–H groups in total. The Morgan fingerprint density at radius 3 is 2.06 bits per heavy atom. The standard InChI is InChI=1S/C20H25N4O8/c21-10-16(26)23-15(9-18(29)30)20(32)24-14(8-12-4-2-1-3-5-12)19(31)22-13(11-25)6-7-17(27)28/h1-5,13-15H,6-10,21H2,(H,22,31)(H,23,26)(H,24,32)(H,27,28)(H,29,30)/t13-,14-,15-/m0/s1. The molecule has 0 saturated heterocycles. The molecule has 0 heterocycles. The van der Waals surface area contributed by atoms with Crippen LogP contribution in [-0.2, 0) is 35.2 Å². The summed E-state index contributed by atoms with van der Waals surface area (Å²) in [7, 11) is 0. The maximum atomic E-state index is 12.7. The fourth-order valence-electron chi connectivity index (χ4n) is 2.67. The van der Waals surface area contributed by atoms with Gasteiger partial charge in [0.25, 0.3) is 0 Å². The van der Waals surface area contributed by atoms with E-state index in [2.05, 4.69) is 16.0 Å². The van der Waals surface area contributed by atoms with E-state index >= 15 is 0 Å². The minimum Gasteiger partial charge on any atom is -0.481 e. The molecule has 1 aromatic carbocycles. The summed E-state index contributed by atoms with van der Waals surface area (Å²) in [5.74, 6) is -5.04. The molecule has 0 spiro atoms. The van der Waals surface area contributed by atoms with E-state index < -0.39 is 60.8 Å². The number of hydrogen-bond acceptors (Lipinski definition) is 7. The van der Waals surface area contributed by atoms with E-state index in [4.69, 9.17) is 15.9 Å². The fraction of sp³-hybridized carbons (Fsp3) is 0.400. The van der Waals surface area contributed by atoms with E-state index in [9.17, 15) is 28.8 Å². The number of benzene rings is 1. The summed E-state index contributed by atoms with van der Waals surface area (Å²) in [5, 5.41) is 24.6. The molecular formula is C20H25N4O8. The van der Waals surface area contributed by atoms with Gasteiger partial charge < -0.3 is 31.9 Å². The number of rotatable bonds is 14. The van der Waals surface area contributed by atoms with Crippen LogP contribution in [0.25, 0.3) is 0 Å². The zero-order valence-electron chi connectivity index (χ0n) is 17.1. The van der Waals surface area contributed by atoms with Gasteiger partial charge in [-0.25, -0.2) is 0 Å². The number of nitrogens with two attached hydrogens (primary N) is 1. The third-order valence-corrected chi connectivity index (χ3v) is 4.24. The highest BCUT2D eigenvalue weighted by molar-refractivity contribution is 5.94. The maximum Gasteiger partial charge on any atom is 0.305 e. The molecular weight excluding hydrogens is 424 g/mol. The van der Waals surface area contributed by atoms with Crippen LogP contribution in [-0.4, -0.2) is 70.8 Å². The summed E-state index contributed by atoms with van der Waals surface area (Å²) in [5.41, 5.74) is 5.83. The van der Waals surface area contributed by atoms with E-state index in [0.717, 1.165) is 0 Å². The summed E-state index contributed by atoms with van der Waals surface area (Å²) >= 11 is 0. The molecule has 1 aromatic rings. The van der Waals surface area contributed by atoms with Gasteiger partial charge in [-0.3, -0.25) is 28.8 Å². The van der Waals surface area contributed by atoms with Crippen molar-refractivity contribution in [2.45, 2.75) is 43.8 Å². The molecule has 0 aliphatic heterocycles. The molecule has 12 nitrogen and oxygen atoms in total. The highest BCUT2D eigenvalue weighted by Crippen LogP contribution is 2.06. The number of carboxylic acid groups (broad SMARTS) is 2. The molecule has 0 fully saturated rings. The molecule has 173 valence electrons. The number of amides is 3. The van der Waals surface area contributed by atoms with Gasteiger partial charge in [-0.15, -0.1) is 0 Å². The molecule has 0 unspecified atom stereocenters. The average molecular weight is 449 g/mol. The van der Waals surface area contributed by atoms with Crippen molar-refractivity contribution in [1.82, 2.24) is 16.0 Å². The lowest BCUT2D eigenvalue weighted by Crippen LogP contribution is -2.56. The van der Waals surface area contributed by atoms with Crippen LogP contribution in [0.2, 0.25) is 0 Å². The quantitative estimate of drug-likeness (QED) is 0.187. The van der Waals surface area contributed by atoms with Crippen LogP contribution in [0, 0.1) is 0 Å². The van der Waals surface area contributed by atoms with E-state index in [1.165, 1.54) is 6.29 Å². The second-order valence-electron chi connectivity index (χ2n) is 6.78. The minimum absolute atomic E-state index is 0.0203. The van der Waals surface area contributed by atoms with Crippen molar-refractivity contribution in [3.05, 3.63) is 35.9 Å². The summed E-state index contributed by atoms with van der Waals surface area (Å²) in [6.45, 7) is -0.474. The van der Waals surface area contributed by atoms with Crippen LogP contribution in [0.3, 0.4) is 0 Å². The van der Waals surface area contributed by atoms with Gasteiger partial charge in [0.15, 0.2) is 0 Å². The number of aliphatic carboxylic acids is 2. The van der Waals surface area contributed by atoms with Gasteiger partial charge in [0.1, 0.15) is 12.1 Å². The predicted molar refractivity (Wildman–Crippen MR) is 110 cm³/mol. The van der Waals surface area contributed by atoms with E-state index in [-0.39, 0.29) is 19.3 Å². The number of carbonyl (C=O) groups is 5. The highest BCUT2D eigenvalue weighted by Gasteiger charge is 2.29. The molecule has 0 aliphatic carbocycles. The minimum atomic E-state index is -1.49. The predicted octanol–water partition coefficient (Wildman–Crippen LogP) is -1.91. The topological polar surface area (TPSA) is 205 Å². The summed E-state index contributed by atoms with van der Waals surface area (Å²) in [6, 6.07) is 4.56. The van der Waals surface area contributed by atoms with Crippen molar-refractivity contribution in [1.29, 1.82) is 0 Å². The number of carboxylic acids is 2. The first-order valence-corrected chi connectivity index (χ1v) is 9.61. The largest absolute Gasteiger partial charge is 0.481 e. The normalized spacial score (nSPS) is 13.2. The molecule has 32 heavy (non-hydrogen) atoms. The molecule has 0 aromatic heterocycles. The Balaban J connectivity index is 3.02. The van der Waals surface area contributed by atoms with Gasteiger partial charge >= 0.3 is 11.9 Å². The second-order valence-corrected chi connectivity index (χ2v) is 6.78. The zero-order chi connectivity index (χ0) is 24.1. The van der Waals surface area contributed by atoms with Gasteiger partial charge in [-0.05, 0) is 12.0 Å². The Bertz CT molecular complexity index is 830. The monoisotopic (exact) mass is 449 g/mol. The summed E-state index contributed by atoms with van der Waals surface area (Å²) < 4.78 is 0. The molecule has 0 bridgehead atoms. The van der Waals surface area contributed by atoms with Crippen molar-refractivity contribution >= 4 is 35.9 Å². The van der Waals surface area contributed by atoms with Crippen molar-refractivity contribution in [2.75, 3.05) is 6.54 Å². The Kier molecular flexibility index (Phi) is 11.1. The Labute approximate surface area is 183 Å². The number of carbonyl (C=O) groups excluding carboxylic acids is 4. The van der Waals surface area contributed by atoms with Crippen molar-refractivity contribution in [2.24, 2.45) is 5.73 Å². The molecule has 0 saturated carbocycles. The first kappa shape index (κ1) is 26.2. The van der Waals surface area contributed by atoms with Gasteiger partial charge in [0.05, 0.1) is 19.0 Å². The van der Waals surface area contributed by atoms with Gasteiger partial charge in [0, 0.05) is 12.8 Å². The smallest absolute Gasteiger partial charge is 0.305 e. The van der Waals surface area contributed by atoms with Crippen molar-refractivity contribution < 1.29 is 39.0 Å². The van der Waals surface area contributed by atoms with Crippen LogP contribution in [0.1, 0.15) is 24.8 Å². The zero-order valence-corrected chi connectivity index (χ0v) is 17.1. The van der Waals surface area contributed by atoms with Gasteiger partial charge in [-0.2, -0.15) is 0 Å². The second kappa shape index (κ2) is 13.5. The van der Waals surface area contributed by atoms with Crippen LogP contribution < -0.4 is 21.7 Å². The summed E-state index contributed by atoms with van der Waals surface area (Å²) in [4.78, 5) is 69.8. The number of hydrogen-bond donors (Lipinski definition) is 6. The van der Waals surface area contributed by atoms with E-state index in [1.54, 1.807) is 30.3 Å². The lowest BCUT2D eigenvalue weighted by molar-refractivity contribution is -0.141. The van der Waals surface area contributed by atoms with Crippen LogP contribution in [0.5, 0.6) is 0 Å². The Morgan fingerprint density at radius 1 is 0.906 bits per heavy atom. The highest BCUT2D eigenvalue weighted by atomic mass is 16.4. The van der Waals surface area contributed by atoms with Crippen LogP contribution in [0.4, 0.5) is 0 Å². The van der Waals surface area contributed by atoms with E-state index in [1.807, 2.05) is 0 Å². The Morgan fingerprint density at radius 2 is 1.53 bits per heavy atom.